The van der Waals surface area contributed by atoms with Gasteiger partial charge in [-0.25, -0.2) is 4.79 Å². The van der Waals surface area contributed by atoms with E-state index in [9.17, 15) is 20.1 Å². The minimum absolute atomic E-state index is 0.108. The third-order valence-electron chi connectivity index (χ3n) is 2.67. The Morgan fingerprint density at radius 3 is 2.33 bits per heavy atom. The molecule has 4 atom stereocenters. The second-order valence-electron chi connectivity index (χ2n) is 4.18. The maximum absolute atomic E-state index is 11.7. The molecule has 0 heterocycles. The van der Waals surface area contributed by atoms with Crippen molar-refractivity contribution in [1.29, 1.82) is 0 Å². The van der Waals surface area contributed by atoms with E-state index in [1.807, 2.05) is 6.92 Å². The summed E-state index contributed by atoms with van der Waals surface area (Å²) in [5.74, 6) is -1.09. The Morgan fingerprint density at radius 1 is 1.39 bits per heavy atom. The fourth-order valence-corrected chi connectivity index (χ4v) is 1.30. The number of ether oxygens (including phenoxy) is 1. The zero-order valence-electron chi connectivity index (χ0n) is 11.0. The molecule has 0 fully saturated rings. The number of hydrogen-bond donors (Lipinski definition) is 5. The highest BCUT2D eigenvalue weighted by atomic mass is 16.6. The van der Waals surface area contributed by atoms with Crippen molar-refractivity contribution in [3.05, 3.63) is 0 Å². The molecule has 5 N–H and O–H groups in total. The molecule has 108 valence electrons. The van der Waals surface area contributed by atoms with Crippen LogP contribution in [0.15, 0.2) is 0 Å². The quantitative estimate of drug-likeness (QED) is 0.202. The third kappa shape index (κ3) is 4.18. The highest BCUT2D eigenvalue weighted by Crippen LogP contribution is 2.15. The van der Waals surface area contributed by atoms with Gasteiger partial charge in [0.25, 0.3) is 0 Å². The van der Waals surface area contributed by atoms with Crippen LogP contribution in [0.2, 0.25) is 0 Å². The Kier molecular flexibility index (Phi) is 7.34. The van der Waals surface area contributed by atoms with Crippen molar-refractivity contribution in [3.63, 3.8) is 0 Å². The van der Waals surface area contributed by atoms with Crippen molar-refractivity contribution in [1.82, 2.24) is 5.32 Å². The van der Waals surface area contributed by atoms with Crippen LogP contribution in [0, 0.1) is 0 Å². The Balaban J connectivity index is 4.71. The average Bonchev–Trinajstić information content (AvgIpc) is 2.35. The van der Waals surface area contributed by atoms with Crippen LogP contribution in [0.3, 0.4) is 0 Å². The molecule has 0 saturated carbocycles. The van der Waals surface area contributed by atoms with Gasteiger partial charge >= 0.3 is 5.97 Å². The largest absolute Gasteiger partial charge is 0.462 e. The summed E-state index contributed by atoms with van der Waals surface area (Å²) in [6.07, 6.45) is -3.45. The first-order valence-corrected chi connectivity index (χ1v) is 5.93. The lowest BCUT2D eigenvalue weighted by Gasteiger charge is -2.33. The summed E-state index contributed by atoms with van der Waals surface area (Å²) < 4.78 is 4.79. The van der Waals surface area contributed by atoms with Gasteiger partial charge in [0.1, 0.15) is 12.2 Å². The number of aliphatic hydroxyl groups excluding tert-OH is 3. The van der Waals surface area contributed by atoms with Crippen LogP contribution in [0.4, 0.5) is 0 Å². The summed E-state index contributed by atoms with van der Waals surface area (Å²) >= 11 is 0. The second-order valence-corrected chi connectivity index (χ2v) is 4.18. The molecule has 0 aliphatic heterocycles. The number of unbranched alkanes of at least 4 members (excludes halogenated alkanes) is 1. The normalized spacial score (nSPS) is 19.7. The third-order valence-corrected chi connectivity index (χ3v) is 2.67. The molecular weight excluding hydrogens is 242 g/mol. The van der Waals surface area contributed by atoms with Gasteiger partial charge in [-0.05, 0) is 20.4 Å². The van der Waals surface area contributed by atoms with E-state index in [-0.39, 0.29) is 6.61 Å². The molecular formula is C11H23NO6. The van der Waals surface area contributed by atoms with E-state index >= 15 is 0 Å². The van der Waals surface area contributed by atoms with E-state index in [0.29, 0.717) is 6.42 Å². The summed E-state index contributed by atoms with van der Waals surface area (Å²) in [4.78, 5) is 11.7. The van der Waals surface area contributed by atoms with Crippen molar-refractivity contribution < 1.29 is 30.0 Å². The van der Waals surface area contributed by atoms with Gasteiger partial charge in [-0.2, -0.15) is 0 Å². The predicted molar refractivity (Wildman–Crippen MR) is 63.6 cm³/mol. The number of hydrogen-bond acceptors (Lipinski definition) is 7. The molecule has 0 aromatic rings. The number of rotatable bonds is 8. The van der Waals surface area contributed by atoms with Gasteiger partial charge in [0, 0.05) is 0 Å². The van der Waals surface area contributed by atoms with E-state index in [0.717, 1.165) is 6.42 Å². The SMILES string of the molecule is CCCCOC(=O)C(O)(NC)C(O)C(O)C(C)O. The van der Waals surface area contributed by atoms with Crippen LogP contribution in [0.25, 0.3) is 0 Å². The van der Waals surface area contributed by atoms with Crippen LogP contribution in [-0.2, 0) is 9.53 Å². The minimum atomic E-state index is -2.45. The first-order chi connectivity index (χ1) is 8.31. The highest BCUT2D eigenvalue weighted by Gasteiger charge is 2.48. The maximum atomic E-state index is 11.7. The lowest BCUT2D eigenvalue weighted by Crippen LogP contribution is -2.64. The lowest BCUT2D eigenvalue weighted by atomic mass is 9.98. The van der Waals surface area contributed by atoms with Crippen LogP contribution in [-0.4, -0.2) is 64.1 Å². The van der Waals surface area contributed by atoms with Crippen molar-refractivity contribution in [2.24, 2.45) is 0 Å². The molecule has 0 saturated heterocycles. The highest BCUT2D eigenvalue weighted by molar-refractivity contribution is 5.79. The lowest BCUT2D eigenvalue weighted by molar-refractivity contribution is -0.200. The summed E-state index contributed by atoms with van der Waals surface area (Å²) in [6.45, 7) is 3.24. The molecule has 0 rings (SSSR count). The molecule has 0 aliphatic rings. The van der Waals surface area contributed by atoms with Crippen LogP contribution < -0.4 is 5.32 Å². The zero-order valence-corrected chi connectivity index (χ0v) is 11.0. The van der Waals surface area contributed by atoms with E-state index in [1.165, 1.54) is 14.0 Å². The first kappa shape index (κ1) is 17.3. The standard InChI is InChI=1S/C11H23NO6/c1-4-5-6-18-10(16)11(17,12-3)9(15)8(14)7(2)13/h7-9,12-15,17H,4-6H2,1-3H3. The molecule has 0 aromatic carbocycles. The van der Waals surface area contributed by atoms with E-state index in [4.69, 9.17) is 9.84 Å². The first-order valence-electron chi connectivity index (χ1n) is 5.93. The summed E-state index contributed by atoms with van der Waals surface area (Å²) in [5, 5.41) is 40.5. The van der Waals surface area contributed by atoms with Gasteiger partial charge in [-0.1, -0.05) is 13.3 Å². The minimum Gasteiger partial charge on any atom is -0.462 e. The Hall–Kier alpha value is -0.730. The number of likely N-dealkylation sites (N-methyl/N-ethyl adjacent to an activating group) is 1. The number of esters is 1. The molecule has 0 radical (unpaired) electrons. The molecule has 0 spiro atoms. The van der Waals surface area contributed by atoms with Gasteiger partial charge < -0.3 is 25.2 Å². The number of nitrogens with one attached hydrogen (secondary N) is 1. The van der Waals surface area contributed by atoms with Gasteiger partial charge in [-0.15, -0.1) is 0 Å². The van der Waals surface area contributed by atoms with Gasteiger partial charge in [0.2, 0.25) is 5.72 Å². The van der Waals surface area contributed by atoms with E-state index < -0.39 is 30.0 Å². The molecule has 0 aliphatic carbocycles. The van der Waals surface area contributed by atoms with E-state index in [2.05, 4.69) is 5.32 Å². The van der Waals surface area contributed by atoms with Crippen molar-refractivity contribution in [2.45, 2.75) is 50.7 Å². The average molecular weight is 265 g/mol. The second kappa shape index (κ2) is 7.65. The fourth-order valence-electron chi connectivity index (χ4n) is 1.30. The molecule has 7 nitrogen and oxygen atoms in total. The number of carbonyl (C=O) groups excluding carboxylic acids is 1. The Bertz CT molecular complexity index is 260. The van der Waals surface area contributed by atoms with Crippen LogP contribution >= 0.6 is 0 Å². The monoisotopic (exact) mass is 265 g/mol. The smallest absolute Gasteiger partial charge is 0.356 e. The molecule has 18 heavy (non-hydrogen) atoms. The summed E-state index contributed by atoms with van der Waals surface area (Å²) in [5.41, 5.74) is -2.45. The Labute approximate surface area is 106 Å². The molecule has 4 unspecified atom stereocenters. The van der Waals surface area contributed by atoms with Gasteiger partial charge in [-0.3, -0.25) is 5.32 Å². The molecule has 0 amide bonds. The maximum Gasteiger partial charge on any atom is 0.356 e. The number of carbonyl (C=O) groups is 1. The molecule has 0 aromatic heterocycles. The summed E-state index contributed by atoms with van der Waals surface area (Å²) in [6, 6.07) is 0. The molecule has 7 heteroatoms. The fraction of sp³-hybridized carbons (Fsp3) is 0.909. The van der Waals surface area contributed by atoms with Gasteiger partial charge in [0.15, 0.2) is 0 Å². The van der Waals surface area contributed by atoms with Crippen LogP contribution in [0.5, 0.6) is 0 Å². The van der Waals surface area contributed by atoms with Gasteiger partial charge in [0.05, 0.1) is 12.7 Å². The predicted octanol–water partition coefficient (Wildman–Crippen LogP) is -1.66. The number of aliphatic hydroxyl groups is 4. The Morgan fingerprint density at radius 2 is 1.94 bits per heavy atom. The topological polar surface area (TPSA) is 119 Å². The zero-order chi connectivity index (χ0) is 14.3. The van der Waals surface area contributed by atoms with E-state index in [1.54, 1.807) is 0 Å². The van der Waals surface area contributed by atoms with Crippen molar-refractivity contribution in [3.8, 4) is 0 Å². The van der Waals surface area contributed by atoms with Crippen molar-refractivity contribution in [2.75, 3.05) is 13.7 Å². The van der Waals surface area contributed by atoms with Crippen LogP contribution in [0.1, 0.15) is 26.7 Å². The summed E-state index contributed by atoms with van der Waals surface area (Å²) in [7, 11) is 1.24. The molecule has 0 bridgehead atoms. The van der Waals surface area contributed by atoms with Crippen molar-refractivity contribution >= 4 is 5.97 Å².